The van der Waals surface area contributed by atoms with Crippen molar-refractivity contribution in [1.29, 1.82) is 0 Å². The third-order valence-electron chi connectivity index (χ3n) is 4.25. The summed E-state index contributed by atoms with van der Waals surface area (Å²) in [6, 6.07) is 9.90. The van der Waals surface area contributed by atoms with Crippen molar-refractivity contribution in [3.63, 3.8) is 0 Å². The predicted molar refractivity (Wildman–Crippen MR) is 116 cm³/mol. The van der Waals surface area contributed by atoms with Crippen molar-refractivity contribution >= 4 is 49.6 Å². The van der Waals surface area contributed by atoms with Gasteiger partial charge in [0.2, 0.25) is 0 Å². The molecule has 3 rings (SSSR count). The van der Waals surface area contributed by atoms with E-state index in [1.54, 1.807) is 0 Å². The predicted octanol–water partition coefficient (Wildman–Crippen LogP) is 1.66. The van der Waals surface area contributed by atoms with Crippen LogP contribution < -0.4 is 15.7 Å². The van der Waals surface area contributed by atoms with Gasteiger partial charge in [-0.15, -0.1) is 0 Å². The van der Waals surface area contributed by atoms with Crippen molar-refractivity contribution < 1.29 is 23.1 Å². The van der Waals surface area contributed by atoms with Crippen LogP contribution in [0, 0.1) is 3.57 Å². The van der Waals surface area contributed by atoms with Crippen LogP contribution >= 0.6 is 30.2 Å². The Morgan fingerprint density at radius 2 is 1.97 bits per heavy atom. The zero-order chi connectivity index (χ0) is 21.0. The molecule has 0 spiro atoms. The number of H-pyrrole nitrogens is 1. The molecule has 12 heteroatoms. The van der Waals surface area contributed by atoms with E-state index in [4.69, 9.17) is 18.5 Å². The van der Waals surface area contributed by atoms with E-state index < -0.39 is 31.4 Å². The Balaban J connectivity index is 1.83. The maximum absolute atomic E-state index is 12.3. The van der Waals surface area contributed by atoms with Gasteiger partial charge in [0.1, 0.15) is 0 Å². The topological polar surface area (TPSA) is 109 Å². The fourth-order valence-electron chi connectivity index (χ4n) is 2.73. The molecule has 0 saturated carbocycles. The van der Waals surface area contributed by atoms with E-state index >= 15 is 0 Å². The summed E-state index contributed by atoms with van der Waals surface area (Å²) in [5.41, 5.74) is -0.990. The third-order valence-corrected chi connectivity index (χ3v) is 9.24. The molecule has 1 N–H and O–H groups in total. The first-order chi connectivity index (χ1) is 13.8. The molecule has 1 aliphatic rings. The zero-order valence-electron chi connectivity index (χ0n) is 15.6. The molecule has 158 valence electrons. The molecule has 3 unspecified atom stereocenters. The fourth-order valence-corrected chi connectivity index (χ4v) is 6.33. The van der Waals surface area contributed by atoms with Gasteiger partial charge >= 0.3 is 188 Å². The Kier molecular flexibility index (Phi) is 7.91. The fraction of sp³-hybridized carbons (Fsp3) is 0.412. The van der Waals surface area contributed by atoms with Crippen LogP contribution in [0.2, 0.25) is 4.82 Å². The molecule has 2 heterocycles. The van der Waals surface area contributed by atoms with Gasteiger partial charge in [0, 0.05) is 0 Å². The quantitative estimate of drug-likeness (QED) is 0.279. The maximum atomic E-state index is 12.3. The van der Waals surface area contributed by atoms with Gasteiger partial charge < -0.3 is 0 Å². The molecule has 0 amide bonds. The molecule has 1 aromatic carbocycles. The average Bonchev–Trinajstić information content (AvgIpc) is 3.12. The number of aromatic amines is 1. The van der Waals surface area contributed by atoms with Crippen LogP contribution in [0.4, 0.5) is 0 Å². The van der Waals surface area contributed by atoms with E-state index in [1.165, 1.54) is 25.0 Å². The van der Waals surface area contributed by atoms with Gasteiger partial charge in [0.05, 0.1) is 0 Å². The van der Waals surface area contributed by atoms with Gasteiger partial charge in [-0.25, -0.2) is 0 Å². The molecule has 29 heavy (non-hydrogen) atoms. The van der Waals surface area contributed by atoms with E-state index in [0.29, 0.717) is 9.99 Å². The SMILES string of the molecule is COP(=O)(COC1OC(n2cc(I)c(=O)[nH]c2=O)CC1[Se]c1ccccc1)OC. The van der Waals surface area contributed by atoms with Gasteiger partial charge in [0.15, 0.2) is 0 Å². The minimum absolute atomic E-state index is 0.0240. The Labute approximate surface area is 186 Å². The first-order valence-corrected chi connectivity index (χ1v) is 13.2. The number of rotatable bonds is 8. The first-order valence-electron chi connectivity index (χ1n) is 8.55. The Bertz CT molecular complexity index is 991. The normalized spacial score (nSPS) is 22.1. The van der Waals surface area contributed by atoms with Crippen LogP contribution in [0.25, 0.3) is 0 Å². The van der Waals surface area contributed by atoms with Crippen LogP contribution in [0.1, 0.15) is 12.6 Å². The van der Waals surface area contributed by atoms with Gasteiger partial charge in [-0.3, -0.25) is 0 Å². The van der Waals surface area contributed by atoms with E-state index in [1.807, 2.05) is 52.9 Å². The molecule has 2 aromatic rings. The van der Waals surface area contributed by atoms with Crippen molar-refractivity contribution in [3.05, 3.63) is 60.9 Å². The number of hydrogen-bond acceptors (Lipinski definition) is 7. The number of aromatic nitrogens is 2. The average molecular weight is 601 g/mol. The van der Waals surface area contributed by atoms with Crippen LogP contribution in [-0.2, 0) is 23.1 Å². The summed E-state index contributed by atoms with van der Waals surface area (Å²) in [6.07, 6.45) is 0.396. The molecule has 1 aromatic heterocycles. The van der Waals surface area contributed by atoms with Gasteiger partial charge in [-0.05, 0) is 0 Å². The number of nitrogens with zero attached hydrogens (tertiary/aromatic N) is 1. The monoisotopic (exact) mass is 602 g/mol. The van der Waals surface area contributed by atoms with E-state index in [-0.39, 0.29) is 26.1 Å². The second kappa shape index (κ2) is 10.0. The van der Waals surface area contributed by atoms with Crippen molar-refractivity contribution in [3.8, 4) is 0 Å². The summed E-state index contributed by atoms with van der Waals surface area (Å²) in [5, 5.41) is 0. The van der Waals surface area contributed by atoms with Gasteiger partial charge in [-0.1, -0.05) is 0 Å². The number of halogens is 1. The van der Waals surface area contributed by atoms with Crippen molar-refractivity contribution in [2.24, 2.45) is 0 Å². The number of benzene rings is 1. The number of ether oxygens (including phenoxy) is 2. The van der Waals surface area contributed by atoms with Gasteiger partial charge in [0.25, 0.3) is 0 Å². The van der Waals surface area contributed by atoms with E-state index in [0.717, 1.165) is 4.46 Å². The summed E-state index contributed by atoms with van der Waals surface area (Å²) in [5.74, 6) is 0. The standard InChI is InChI=1S/C17H20IN2O7PSe/c1-24-28(23,25-2)10-26-16-13(29-11-6-4-3-5-7-11)8-14(27-16)20-9-12(18)15(21)19-17(20)22/h3-7,9,13-14,16H,8,10H2,1-2H3,(H,19,21,22). The van der Waals surface area contributed by atoms with Crippen molar-refractivity contribution in [1.82, 2.24) is 9.55 Å². The molecule has 9 nitrogen and oxygen atoms in total. The first kappa shape index (κ1) is 22.9. The molecule has 1 saturated heterocycles. The van der Waals surface area contributed by atoms with E-state index in [2.05, 4.69) is 4.98 Å². The van der Waals surface area contributed by atoms with E-state index in [9.17, 15) is 14.2 Å². The van der Waals surface area contributed by atoms with Crippen LogP contribution in [0.5, 0.6) is 0 Å². The Morgan fingerprint density at radius 3 is 2.62 bits per heavy atom. The molecular formula is C17H20IN2O7PSe. The van der Waals surface area contributed by atoms with Crippen LogP contribution in [0.15, 0.2) is 46.1 Å². The molecular weight excluding hydrogens is 581 g/mol. The van der Waals surface area contributed by atoms with Crippen molar-refractivity contribution in [2.75, 3.05) is 20.6 Å². The molecule has 3 atom stereocenters. The second-order valence-electron chi connectivity index (χ2n) is 6.08. The summed E-state index contributed by atoms with van der Waals surface area (Å²) in [7, 11) is -0.789. The molecule has 0 radical (unpaired) electrons. The summed E-state index contributed by atoms with van der Waals surface area (Å²) >= 11 is 1.84. The number of hydrogen-bond donors (Lipinski definition) is 1. The minimum atomic E-state index is -3.37. The number of nitrogens with one attached hydrogen (secondary N) is 1. The summed E-state index contributed by atoms with van der Waals surface area (Å²) in [6.45, 7) is 0. The van der Waals surface area contributed by atoms with Crippen LogP contribution in [-0.4, -0.2) is 51.4 Å². The third kappa shape index (κ3) is 5.68. The molecule has 1 aliphatic heterocycles. The summed E-state index contributed by atoms with van der Waals surface area (Å²) < 4.78 is 36.8. The molecule has 0 aliphatic carbocycles. The molecule has 1 fully saturated rings. The second-order valence-corrected chi connectivity index (χ2v) is 12.2. The van der Waals surface area contributed by atoms with Gasteiger partial charge in [-0.2, -0.15) is 0 Å². The molecule has 0 bridgehead atoms. The Hall–Kier alpha value is -0.781. The Morgan fingerprint density at radius 1 is 1.28 bits per heavy atom. The van der Waals surface area contributed by atoms with Crippen LogP contribution in [0.3, 0.4) is 0 Å². The van der Waals surface area contributed by atoms with Crippen molar-refractivity contribution in [2.45, 2.75) is 23.8 Å². The zero-order valence-corrected chi connectivity index (χ0v) is 20.4. The summed E-state index contributed by atoms with van der Waals surface area (Å²) in [4.78, 5) is 26.2.